The minimum absolute atomic E-state index is 0.184. The van der Waals surface area contributed by atoms with Crippen molar-refractivity contribution in [3.63, 3.8) is 0 Å². The standard InChI is InChI=1S/C19H32F3N5O/c1-5-23-16(26-14-6-8-17(2,3)9-7-14)25-11-10-18(28,19(20,21)22)15-24-12-13-27(15)4/h12-14,28H,5-11H2,1-4H3,(H2,23,25,26). The van der Waals surface area contributed by atoms with Crippen LogP contribution in [0.15, 0.2) is 17.4 Å². The van der Waals surface area contributed by atoms with Crippen molar-refractivity contribution in [2.75, 3.05) is 13.1 Å². The summed E-state index contributed by atoms with van der Waals surface area (Å²) in [4.78, 5) is 7.99. The summed E-state index contributed by atoms with van der Waals surface area (Å²) in [6.45, 7) is 6.82. The van der Waals surface area contributed by atoms with Gasteiger partial charge in [0.05, 0.1) is 0 Å². The molecule has 3 N–H and O–H groups in total. The fourth-order valence-corrected chi connectivity index (χ4v) is 3.53. The van der Waals surface area contributed by atoms with Crippen LogP contribution in [0.5, 0.6) is 0 Å². The van der Waals surface area contributed by atoms with E-state index in [2.05, 4.69) is 34.5 Å². The van der Waals surface area contributed by atoms with Crippen molar-refractivity contribution < 1.29 is 18.3 Å². The smallest absolute Gasteiger partial charge is 0.374 e. The SMILES string of the molecule is CCNC(=NCCC(O)(c1nccn1C)C(F)(F)F)NC1CCC(C)(C)CC1. The molecule has 1 unspecified atom stereocenters. The lowest BCUT2D eigenvalue weighted by molar-refractivity contribution is -0.272. The van der Waals surface area contributed by atoms with Crippen LogP contribution in [0.3, 0.4) is 0 Å². The van der Waals surface area contributed by atoms with Gasteiger partial charge in [-0.25, -0.2) is 4.98 Å². The number of nitrogens with one attached hydrogen (secondary N) is 2. The number of aliphatic hydroxyl groups is 1. The molecule has 0 saturated heterocycles. The Kier molecular flexibility index (Phi) is 7.01. The van der Waals surface area contributed by atoms with E-state index in [1.807, 2.05) is 6.92 Å². The highest BCUT2D eigenvalue weighted by atomic mass is 19.4. The number of hydrogen-bond acceptors (Lipinski definition) is 3. The second kappa shape index (κ2) is 8.71. The van der Waals surface area contributed by atoms with Crippen LogP contribution in [0.1, 0.15) is 58.7 Å². The number of aliphatic imine (C=N–C) groups is 1. The molecular weight excluding hydrogens is 371 g/mol. The lowest BCUT2D eigenvalue weighted by atomic mass is 9.75. The van der Waals surface area contributed by atoms with Crippen LogP contribution < -0.4 is 10.6 Å². The molecule has 0 aliphatic heterocycles. The van der Waals surface area contributed by atoms with Crippen molar-refractivity contribution in [1.82, 2.24) is 20.2 Å². The van der Waals surface area contributed by atoms with Crippen LogP contribution in [0.4, 0.5) is 13.2 Å². The predicted molar refractivity (Wildman–Crippen MR) is 103 cm³/mol. The van der Waals surface area contributed by atoms with Crippen LogP contribution in [0.2, 0.25) is 0 Å². The molecule has 1 aromatic rings. The molecule has 160 valence electrons. The largest absolute Gasteiger partial charge is 0.424 e. The minimum atomic E-state index is -4.84. The molecule has 0 bridgehead atoms. The molecule has 0 radical (unpaired) electrons. The molecule has 1 saturated carbocycles. The molecule has 0 aromatic carbocycles. The summed E-state index contributed by atoms with van der Waals surface area (Å²) in [6, 6.07) is 0.252. The first-order valence-electron chi connectivity index (χ1n) is 9.80. The molecule has 9 heteroatoms. The maximum absolute atomic E-state index is 13.6. The Hall–Kier alpha value is -1.77. The number of rotatable bonds is 6. The lowest BCUT2D eigenvalue weighted by Gasteiger charge is -2.35. The summed E-state index contributed by atoms with van der Waals surface area (Å²) in [7, 11) is 1.43. The Morgan fingerprint density at radius 2 is 2.00 bits per heavy atom. The van der Waals surface area contributed by atoms with Crippen LogP contribution in [-0.4, -0.2) is 45.9 Å². The fourth-order valence-electron chi connectivity index (χ4n) is 3.53. The highest BCUT2D eigenvalue weighted by Crippen LogP contribution is 2.40. The van der Waals surface area contributed by atoms with Gasteiger partial charge in [-0.3, -0.25) is 4.99 Å². The summed E-state index contributed by atoms with van der Waals surface area (Å²) < 4.78 is 41.9. The van der Waals surface area contributed by atoms with E-state index in [1.165, 1.54) is 24.0 Å². The Morgan fingerprint density at radius 1 is 1.36 bits per heavy atom. The van der Waals surface area contributed by atoms with Crippen LogP contribution in [0, 0.1) is 5.41 Å². The number of alkyl halides is 3. The maximum atomic E-state index is 13.6. The minimum Gasteiger partial charge on any atom is -0.374 e. The molecule has 2 rings (SSSR count). The van der Waals surface area contributed by atoms with E-state index in [0.29, 0.717) is 17.9 Å². The Balaban J connectivity index is 2.06. The Labute approximate surface area is 164 Å². The number of guanidine groups is 1. The Morgan fingerprint density at radius 3 is 2.50 bits per heavy atom. The van der Waals surface area contributed by atoms with Gasteiger partial charge in [0.15, 0.2) is 5.96 Å². The second-order valence-electron chi connectivity index (χ2n) is 8.31. The number of halogens is 3. The van der Waals surface area contributed by atoms with Crippen LogP contribution >= 0.6 is 0 Å². The van der Waals surface area contributed by atoms with Gasteiger partial charge >= 0.3 is 6.18 Å². The molecule has 1 atom stereocenters. The highest BCUT2D eigenvalue weighted by Gasteiger charge is 2.57. The average Bonchev–Trinajstić information content (AvgIpc) is 3.02. The highest BCUT2D eigenvalue weighted by molar-refractivity contribution is 5.80. The third-order valence-electron chi connectivity index (χ3n) is 5.43. The average molecular weight is 403 g/mol. The first-order chi connectivity index (χ1) is 13.0. The predicted octanol–water partition coefficient (Wildman–Crippen LogP) is 3.08. The van der Waals surface area contributed by atoms with Crippen molar-refractivity contribution in [3.05, 3.63) is 18.2 Å². The summed E-state index contributed by atoms with van der Waals surface area (Å²) in [5, 5.41) is 16.8. The first kappa shape index (κ1) is 22.5. The van der Waals surface area contributed by atoms with Crippen molar-refractivity contribution in [2.45, 2.75) is 70.7 Å². The quantitative estimate of drug-likeness (QED) is 0.504. The zero-order valence-corrected chi connectivity index (χ0v) is 17.1. The molecule has 1 aromatic heterocycles. The van der Waals surface area contributed by atoms with Gasteiger partial charge < -0.3 is 20.3 Å². The van der Waals surface area contributed by atoms with E-state index in [-0.39, 0.29) is 12.6 Å². The number of hydrogen-bond donors (Lipinski definition) is 3. The van der Waals surface area contributed by atoms with Gasteiger partial charge in [0.2, 0.25) is 5.60 Å². The van der Waals surface area contributed by atoms with Gasteiger partial charge in [0, 0.05) is 45.0 Å². The van der Waals surface area contributed by atoms with E-state index in [9.17, 15) is 18.3 Å². The first-order valence-corrected chi connectivity index (χ1v) is 9.80. The van der Waals surface area contributed by atoms with Crippen LogP contribution in [0.25, 0.3) is 0 Å². The normalized spacial score (nSPS) is 20.6. The molecule has 1 heterocycles. The monoisotopic (exact) mass is 403 g/mol. The summed E-state index contributed by atoms with van der Waals surface area (Å²) in [5.74, 6) is 0.0549. The van der Waals surface area contributed by atoms with Gasteiger partial charge in [-0.1, -0.05) is 13.8 Å². The van der Waals surface area contributed by atoms with E-state index < -0.39 is 24.0 Å². The molecule has 0 amide bonds. The van der Waals surface area contributed by atoms with Crippen molar-refractivity contribution in [2.24, 2.45) is 17.5 Å². The number of aryl methyl sites for hydroxylation is 1. The van der Waals surface area contributed by atoms with Crippen molar-refractivity contribution >= 4 is 5.96 Å². The van der Waals surface area contributed by atoms with E-state index in [1.54, 1.807) is 0 Å². The van der Waals surface area contributed by atoms with Gasteiger partial charge in [-0.2, -0.15) is 13.2 Å². The molecule has 1 aliphatic rings. The fraction of sp³-hybridized carbons (Fsp3) is 0.789. The molecule has 0 spiro atoms. The zero-order chi connectivity index (χ0) is 21.0. The molecule has 28 heavy (non-hydrogen) atoms. The molecule has 6 nitrogen and oxygen atoms in total. The Bertz CT molecular complexity index is 661. The van der Waals surface area contributed by atoms with Crippen molar-refractivity contribution in [3.8, 4) is 0 Å². The van der Waals surface area contributed by atoms with Gasteiger partial charge in [-0.15, -0.1) is 0 Å². The number of aromatic nitrogens is 2. The van der Waals surface area contributed by atoms with Crippen molar-refractivity contribution in [1.29, 1.82) is 0 Å². The summed E-state index contributed by atoms with van der Waals surface area (Å²) >= 11 is 0. The molecule has 1 fully saturated rings. The van der Waals surface area contributed by atoms with Crippen LogP contribution in [-0.2, 0) is 12.6 Å². The second-order valence-corrected chi connectivity index (χ2v) is 8.31. The molecule has 1 aliphatic carbocycles. The third kappa shape index (κ3) is 5.40. The van der Waals surface area contributed by atoms with Gasteiger partial charge in [-0.05, 0) is 38.0 Å². The molecular formula is C19H32F3N5O. The van der Waals surface area contributed by atoms with E-state index >= 15 is 0 Å². The lowest BCUT2D eigenvalue weighted by Crippen LogP contribution is -2.47. The topological polar surface area (TPSA) is 74.5 Å². The number of imidazole rings is 1. The maximum Gasteiger partial charge on any atom is 0.424 e. The third-order valence-corrected chi connectivity index (χ3v) is 5.43. The van der Waals surface area contributed by atoms with E-state index in [4.69, 9.17) is 0 Å². The van der Waals surface area contributed by atoms with E-state index in [0.717, 1.165) is 25.7 Å². The summed E-state index contributed by atoms with van der Waals surface area (Å²) in [5.41, 5.74) is -2.71. The zero-order valence-electron chi connectivity index (χ0n) is 17.1. The van der Waals surface area contributed by atoms with Gasteiger partial charge in [0.1, 0.15) is 5.82 Å². The summed E-state index contributed by atoms with van der Waals surface area (Å²) in [6.07, 6.45) is 1.36. The number of nitrogens with zero attached hydrogens (tertiary/aromatic N) is 3. The van der Waals surface area contributed by atoms with Gasteiger partial charge in [0.25, 0.3) is 0 Å².